The van der Waals surface area contributed by atoms with Gasteiger partial charge in [-0.05, 0) is 31.2 Å². The maximum Gasteiger partial charge on any atom is 0.242 e. The van der Waals surface area contributed by atoms with Crippen molar-refractivity contribution < 1.29 is 17.9 Å². The van der Waals surface area contributed by atoms with Crippen LogP contribution in [0.15, 0.2) is 52.6 Å². The predicted molar refractivity (Wildman–Crippen MR) is 109 cm³/mol. The molecule has 0 aliphatic carbocycles. The highest BCUT2D eigenvalue weighted by Gasteiger charge is 2.12. The third-order valence-corrected chi connectivity index (χ3v) is 5.06. The number of sulfonamides is 1. The molecule has 0 saturated heterocycles. The second-order valence-corrected chi connectivity index (χ2v) is 7.31. The first-order valence-electron chi connectivity index (χ1n) is 8.67. The van der Waals surface area contributed by atoms with E-state index in [0.29, 0.717) is 24.0 Å². The van der Waals surface area contributed by atoms with Crippen LogP contribution in [-0.2, 0) is 10.0 Å². The van der Waals surface area contributed by atoms with E-state index in [0.717, 1.165) is 5.69 Å². The van der Waals surface area contributed by atoms with Gasteiger partial charge in [-0.25, -0.2) is 13.1 Å². The van der Waals surface area contributed by atoms with Crippen LogP contribution in [-0.4, -0.2) is 53.2 Å². The van der Waals surface area contributed by atoms with E-state index in [9.17, 15) is 8.42 Å². The molecule has 0 aliphatic rings. The van der Waals surface area contributed by atoms with Crippen molar-refractivity contribution in [3.05, 3.63) is 42.7 Å². The number of rotatable bonds is 9. The minimum Gasteiger partial charge on any atom is -0.493 e. The minimum atomic E-state index is -3.60. The minimum absolute atomic E-state index is 0.120. The van der Waals surface area contributed by atoms with Crippen molar-refractivity contribution in [2.24, 2.45) is 4.99 Å². The summed E-state index contributed by atoms with van der Waals surface area (Å²) in [6.07, 6.45) is 2.82. The van der Waals surface area contributed by atoms with Gasteiger partial charge in [0.25, 0.3) is 0 Å². The summed E-state index contributed by atoms with van der Waals surface area (Å²) in [5, 5.41) is 6.26. The molecule has 10 heteroatoms. The van der Waals surface area contributed by atoms with E-state index in [1.54, 1.807) is 32.4 Å². The lowest BCUT2D eigenvalue weighted by molar-refractivity contribution is 0.355. The molecule has 1 heterocycles. The van der Waals surface area contributed by atoms with Crippen molar-refractivity contribution in [3.8, 4) is 11.5 Å². The summed E-state index contributed by atoms with van der Waals surface area (Å²) < 4.78 is 37.4. The van der Waals surface area contributed by atoms with Gasteiger partial charge >= 0.3 is 0 Å². The fourth-order valence-corrected chi connectivity index (χ4v) is 3.28. The number of nitrogens with zero attached hydrogens (tertiary/aromatic N) is 2. The summed E-state index contributed by atoms with van der Waals surface area (Å²) in [6.45, 7) is 3.00. The molecule has 0 amide bonds. The number of benzene rings is 1. The zero-order valence-corrected chi connectivity index (χ0v) is 16.9. The van der Waals surface area contributed by atoms with Gasteiger partial charge in [0, 0.05) is 37.2 Å². The zero-order chi connectivity index (χ0) is 20.4. The van der Waals surface area contributed by atoms with Gasteiger partial charge in [-0.2, -0.15) is 0 Å². The first-order valence-corrected chi connectivity index (χ1v) is 10.2. The second kappa shape index (κ2) is 10.5. The first kappa shape index (κ1) is 21.5. The molecule has 0 atom stereocenters. The number of methoxy groups -OCH3 is 2. The van der Waals surface area contributed by atoms with E-state index in [-0.39, 0.29) is 18.0 Å². The number of aliphatic imine (C=N–C) groups is 1. The summed E-state index contributed by atoms with van der Waals surface area (Å²) >= 11 is 0. The largest absolute Gasteiger partial charge is 0.493 e. The van der Waals surface area contributed by atoms with Gasteiger partial charge in [-0.15, -0.1) is 0 Å². The van der Waals surface area contributed by atoms with Crippen LogP contribution in [0.3, 0.4) is 0 Å². The molecule has 152 valence electrons. The topological polar surface area (TPSA) is 114 Å². The molecule has 0 aliphatic heterocycles. The smallest absolute Gasteiger partial charge is 0.242 e. The molecule has 0 radical (unpaired) electrons. The van der Waals surface area contributed by atoms with Gasteiger partial charge in [0.15, 0.2) is 17.5 Å². The summed E-state index contributed by atoms with van der Waals surface area (Å²) in [5.41, 5.74) is 0.758. The van der Waals surface area contributed by atoms with Crippen molar-refractivity contribution in [3.63, 3.8) is 0 Å². The van der Waals surface area contributed by atoms with Gasteiger partial charge < -0.3 is 20.1 Å². The van der Waals surface area contributed by atoms with Crippen molar-refractivity contribution in [2.75, 3.05) is 39.2 Å². The van der Waals surface area contributed by atoms with Crippen molar-refractivity contribution >= 4 is 21.7 Å². The fraction of sp³-hybridized carbons (Fsp3) is 0.333. The van der Waals surface area contributed by atoms with E-state index in [1.807, 2.05) is 13.0 Å². The van der Waals surface area contributed by atoms with Crippen LogP contribution >= 0.6 is 0 Å². The number of hydrogen-bond donors (Lipinski definition) is 3. The molecule has 1 aromatic carbocycles. The van der Waals surface area contributed by atoms with E-state index < -0.39 is 10.0 Å². The molecule has 0 bridgehead atoms. The number of guanidine groups is 1. The fourth-order valence-electron chi connectivity index (χ4n) is 2.29. The highest BCUT2D eigenvalue weighted by molar-refractivity contribution is 7.89. The molecule has 3 N–H and O–H groups in total. The van der Waals surface area contributed by atoms with Crippen LogP contribution in [0, 0.1) is 0 Å². The van der Waals surface area contributed by atoms with Crippen molar-refractivity contribution in [1.29, 1.82) is 0 Å². The standard InChI is InChI=1S/C18H25N5O4S/c1-4-20-18(23-14-7-8-16(26-2)17(12-14)27-3)21-10-11-22-28(24,25)15-6-5-9-19-13-15/h5-9,12-13,22H,4,10-11H2,1-3H3,(H2,20,21,23). The monoisotopic (exact) mass is 407 g/mol. The molecule has 2 aromatic rings. The zero-order valence-electron chi connectivity index (χ0n) is 16.1. The van der Waals surface area contributed by atoms with Gasteiger partial charge in [0.1, 0.15) is 4.90 Å². The molecule has 9 nitrogen and oxygen atoms in total. The molecule has 2 rings (SSSR count). The number of nitrogens with one attached hydrogen (secondary N) is 3. The summed E-state index contributed by atoms with van der Waals surface area (Å²) in [6, 6.07) is 8.47. The Kier molecular flexibility index (Phi) is 8.02. The number of anilines is 1. The Hall–Kier alpha value is -2.85. The van der Waals surface area contributed by atoms with E-state index in [1.165, 1.54) is 18.5 Å². The van der Waals surface area contributed by atoms with Gasteiger partial charge in [0.05, 0.1) is 20.8 Å². The van der Waals surface area contributed by atoms with Crippen molar-refractivity contribution in [2.45, 2.75) is 11.8 Å². The molecule has 0 unspecified atom stereocenters. The van der Waals surface area contributed by atoms with Crippen LogP contribution in [0.2, 0.25) is 0 Å². The van der Waals surface area contributed by atoms with E-state index in [4.69, 9.17) is 9.47 Å². The Morgan fingerprint density at radius 1 is 1.18 bits per heavy atom. The summed E-state index contributed by atoms with van der Waals surface area (Å²) in [4.78, 5) is 8.32. The lowest BCUT2D eigenvalue weighted by Gasteiger charge is -2.14. The third-order valence-electron chi connectivity index (χ3n) is 3.61. The van der Waals surface area contributed by atoms with Crippen LogP contribution in [0.5, 0.6) is 11.5 Å². The third kappa shape index (κ3) is 6.10. The summed E-state index contributed by atoms with van der Waals surface area (Å²) in [7, 11) is -0.462. The van der Waals surface area contributed by atoms with Crippen LogP contribution in [0.1, 0.15) is 6.92 Å². The highest BCUT2D eigenvalue weighted by Crippen LogP contribution is 2.29. The lowest BCUT2D eigenvalue weighted by Crippen LogP contribution is -2.32. The first-order chi connectivity index (χ1) is 13.5. The average Bonchev–Trinajstić information content (AvgIpc) is 2.71. The second-order valence-electron chi connectivity index (χ2n) is 5.54. The lowest BCUT2D eigenvalue weighted by atomic mass is 10.3. The Balaban J connectivity index is 1.99. The Labute approximate surface area is 165 Å². The normalized spacial score (nSPS) is 11.8. The molecular formula is C18H25N5O4S. The Bertz CT molecular complexity index is 888. The van der Waals surface area contributed by atoms with Crippen LogP contribution in [0.4, 0.5) is 5.69 Å². The predicted octanol–water partition coefficient (Wildman–Crippen LogP) is 1.45. The molecule has 0 fully saturated rings. The van der Waals surface area contributed by atoms with Gasteiger partial charge in [-0.1, -0.05) is 0 Å². The number of pyridine rings is 1. The number of ether oxygens (including phenoxy) is 2. The van der Waals surface area contributed by atoms with Crippen LogP contribution in [0.25, 0.3) is 0 Å². The molecule has 0 saturated carbocycles. The van der Waals surface area contributed by atoms with Gasteiger partial charge in [-0.3, -0.25) is 9.98 Å². The maximum atomic E-state index is 12.2. The van der Waals surface area contributed by atoms with E-state index >= 15 is 0 Å². The van der Waals surface area contributed by atoms with Crippen LogP contribution < -0.4 is 24.8 Å². The highest BCUT2D eigenvalue weighted by atomic mass is 32.2. The molecule has 28 heavy (non-hydrogen) atoms. The SMILES string of the molecule is CCNC(=NCCNS(=O)(=O)c1cccnc1)Nc1ccc(OC)c(OC)c1. The number of aromatic nitrogens is 1. The van der Waals surface area contributed by atoms with Crippen molar-refractivity contribution in [1.82, 2.24) is 15.0 Å². The quantitative estimate of drug-likeness (QED) is 0.327. The molecule has 0 spiro atoms. The van der Waals surface area contributed by atoms with Gasteiger partial charge in [0.2, 0.25) is 10.0 Å². The summed E-state index contributed by atoms with van der Waals surface area (Å²) in [5.74, 6) is 1.74. The maximum absolute atomic E-state index is 12.2. The molecular weight excluding hydrogens is 382 g/mol. The number of hydrogen-bond acceptors (Lipinski definition) is 6. The molecule has 1 aromatic heterocycles. The Morgan fingerprint density at radius 2 is 1.96 bits per heavy atom. The average molecular weight is 407 g/mol. The van der Waals surface area contributed by atoms with E-state index in [2.05, 4.69) is 25.3 Å². The Morgan fingerprint density at radius 3 is 2.61 bits per heavy atom.